The predicted octanol–water partition coefficient (Wildman–Crippen LogP) is 1.65. The highest BCUT2D eigenvalue weighted by Crippen LogP contribution is 2.45. The molecule has 29 heavy (non-hydrogen) atoms. The van der Waals surface area contributed by atoms with Crippen LogP contribution in [0.3, 0.4) is 0 Å². The summed E-state index contributed by atoms with van der Waals surface area (Å²) in [5.74, 6) is 0.553. The van der Waals surface area contributed by atoms with E-state index in [1.54, 1.807) is 30.3 Å². The lowest BCUT2D eigenvalue weighted by Crippen LogP contribution is -2.33. The van der Waals surface area contributed by atoms with Gasteiger partial charge in [0, 0.05) is 30.1 Å². The Balaban J connectivity index is 1.89. The number of aromatic nitrogens is 2. The summed E-state index contributed by atoms with van der Waals surface area (Å²) in [5, 5.41) is 13.9. The molecular formula is C19H25N5O4S. The van der Waals surface area contributed by atoms with Crippen LogP contribution in [0.2, 0.25) is 0 Å². The Hall–Kier alpha value is -2.72. The third-order valence-electron chi connectivity index (χ3n) is 5.13. The lowest BCUT2D eigenvalue weighted by atomic mass is 10.0. The number of hydrogen-bond acceptors (Lipinski definition) is 7. The molecule has 0 aliphatic heterocycles. The van der Waals surface area contributed by atoms with Crippen LogP contribution < -0.4 is 16.4 Å². The molecule has 1 heterocycles. The van der Waals surface area contributed by atoms with Crippen molar-refractivity contribution in [2.24, 2.45) is 0 Å². The predicted molar refractivity (Wildman–Crippen MR) is 111 cm³/mol. The van der Waals surface area contributed by atoms with Crippen molar-refractivity contribution in [1.82, 2.24) is 15.3 Å². The van der Waals surface area contributed by atoms with Gasteiger partial charge >= 0.3 is 6.03 Å². The van der Waals surface area contributed by atoms with Gasteiger partial charge in [0.2, 0.25) is 0 Å². The number of nitrogens with one attached hydrogen (secondary N) is 2. The summed E-state index contributed by atoms with van der Waals surface area (Å²) >= 11 is 0. The summed E-state index contributed by atoms with van der Waals surface area (Å²) in [6.45, 7) is 0.0162. The molecular weight excluding hydrogens is 394 g/mol. The fourth-order valence-electron chi connectivity index (χ4n) is 3.64. The minimum atomic E-state index is -3.38. The van der Waals surface area contributed by atoms with Crippen LogP contribution in [0.5, 0.6) is 0 Å². The Morgan fingerprint density at radius 3 is 2.45 bits per heavy atom. The van der Waals surface area contributed by atoms with Crippen LogP contribution in [-0.4, -0.2) is 48.9 Å². The zero-order valence-corrected chi connectivity index (χ0v) is 17.0. The number of amides is 2. The average molecular weight is 420 g/mol. The van der Waals surface area contributed by atoms with E-state index in [0.29, 0.717) is 35.6 Å². The molecule has 1 aliphatic carbocycles. The fraction of sp³-hybridized carbons (Fsp3) is 0.421. The first-order chi connectivity index (χ1) is 13.7. The van der Waals surface area contributed by atoms with Crippen LogP contribution >= 0.6 is 0 Å². The van der Waals surface area contributed by atoms with Gasteiger partial charge in [-0.15, -0.1) is 0 Å². The van der Waals surface area contributed by atoms with Crippen LogP contribution in [0.1, 0.15) is 31.4 Å². The van der Waals surface area contributed by atoms with Crippen molar-refractivity contribution < 1.29 is 18.3 Å². The van der Waals surface area contributed by atoms with E-state index in [9.17, 15) is 13.2 Å². The van der Waals surface area contributed by atoms with Crippen LogP contribution in [0.15, 0.2) is 30.3 Å². The molecule has 0 spiro atoms. The number of urea groups is 1. The van der Waals surface area contributed by atoms with Gasteiger partial charge in [0.15, 0.2) is 15.7 Å². The third-order valence-corrected chi connectivity index (χ3v) is 7.17. The van der Waals surface area contributed by atoms with Crippen LogP contribution in [0.25, 0.3) is 11.4 Å². The van der Waals surface area contributed by atoms with E-state index in [2.05, 4.69) is 20.6 Å². The smallest absolute Gasteiger partial charge is 0.319 e. The van der Waals surface area contributed by atoms with Gasteiger partial charge in [0.25, 0.3) is 0 Å². The molecule has 156 valence electrons. The molecule has 9 nitrogen and oxygen atoms in total. The lowest BCUT2D eigenvalue weighted by Gasteiger charge is -2.26. The number of nitrogen functional groups attached to an aromatic ring is 1. The molecule has 3 rings (SSSR count). The van der Waals surface area contributed by atoms with Gasteiger partial charge in [0.1, 0.15) is 10.6 Å². The molecule has 0 radical (unpaired) electrons. The maximum absolute atomic E-state index is 12.6. The van der Waals surface area contributed by atoms with Crippen molar-refractivity contribution in [1.29, 1.82) is 0 Å². The second kappa shape index (κ2) is 8.34. The number of carbonyl (C=O) groups is 1. The average Bonchev–Trinajstić information content (AvgIpc) is 3.18. The van der Waals surface area contributed by atoms with Gasteiger partial charge in [0.05, 0.1) is 12.3 Å². The number of nitrogens with zero attached hydrogens (tertiary/aromatic N) is 2. The van der Waals surface area contributed by atoms with Gasteiger partial charge < -0.3 is 21.5 Å². The first-order valence-corrected chi connectivity index (χ1v) is 11.2. The molecule has 10 heteroatoms. The van der Waals surface area contributed by atoms with E-state index in [0.717, 1.165) is 12.8 Å². The maximum Gasteiger partial charge on any atom is 0.319 e. The van der Waals surface area contributed by atoms with Crippen molar-refractivity contribution in [3.05, 3.63) is 36.0 Å². The van der Waals surface area contributed by atoms with Crippen molar-refractivity contribution in [3.8, 4) is 11.4 Å². The number of aliphatic hydroxyl groups excluding tert-OH is 1. The van der Waals surface area contributed by atoms with Gasteiger partial charge in [-0.2, -0.15) is 0 Å². The monoisotopic (exact) mass is 419 g/mol. The Bertz CT molecular complexity index is 986. The fourth-order valence-corrected chi connectivity index (χ4v) is 5.15. The molecule has 1 fully saturated rings. The largest absolute Gasteiger partial charge is 0.395 e. The minimum Gasteiger partial charge on any atom is -0.395 e. The van der Waals surface area contributed by atoms with Crippen LogP contribution in [-0.2, 0) is 14.6 Å². The molecule has 2 amide bonds. The molecule has 0 saturated heterocycles. The number of hydrogen-bond donors (Lipinski definition) is 4. The maximum atomic E-state index is 12.6. The highest BCUT2D eigenvalue weighted by atomic mass is 32.2. The number of anilines is 2. The number of rotatable bonds is 6. The highest BCUT2D eigenvalue weighted by molar-refractivity contribution is 7.91. The molecule has 1 saturated carbocycles. The third kappa shape index (κ3) is 4.48. The molecule has 0 atom stereocenters. The number of benzene rings is 1. The summed E-state index contributed by atoms with van der Waals surface area (Å²) in [6, 6.07) is 7.94. The highest BCUT2D eigenvalue weighted by Gasteiger charge is 2.46. The van der Waals surface area contributed by atoms with Crippen molar-refractivity contribution >= 4 is 27.4 Å². The minimum absolute atomic E-state index is 0.142. The van der Waals surface area contributed by atoms with Crippen molar-refractivity contribution in [2.45, 2.75) is 30.4 Å². The quantitative estimate of drug-likeness (QED) is 0.556. The van der Waals surface area contributed by atoms with E-state index < -0.39 is 20.6 Å². The van der Waals surface area contributed by atoms with Gasteiger partial charge in [-0.05, 0) is 37.1 Å². The summed E-state index contributed by atoms with van der Waals surface area (Å²) in [6.07, 6.45) is 3.94. The second-order valence-electron chi connectivity index (χ2n) is 7.16. The molecule has 2 aromatic rings. The molecule has 0 bridgehead atoms. The Labute approximate surface area is 169 Å². The Kier molecular flexibility index (Phi) is 6.04. The Morgan fingerprint density at radius 2 is 1.86 bits per heavy atom. The summed E-state index contributed by atoms with van der Waals surface area (Å²) in [7, 11) is -3.38. The van der Waals surface area contributed by atoms with Gasteiger partial charge in [-0.25, -0.2) is 23.2 Å². The lowest BCUT2D eigenvalue weighted by molar-refractivity contribution is 0.245. The zero-order valence-electron chi connectivity index (χ0n) is 16.2. The molecule has 5 N–H and O–H groups in total. The molecule has 1 aliphatic rings. The van der Waals surface area contributed by atoms with Crippen molar-refractivity contribution in [3.63, 3.8) is 0 Å². The number of carbonyl (C=O) groups excluding carboxylic acids is 1. The summed E-state index contributed by atoms with van der Waals surface area (Å²) in [4.78, 5) is 20.5. The van der Waals surface area contributed by atoms with Gasteiger partial charge in [-0.3, -0.25) is 0 Å². The van der Waals surface area contributed by atoms with E-state index in [-0.39, 0.29) is 19.0 Å². The van der Waals surface area contributed by atoms with E-state index in [4.69, 9.17) is 10.8 Å². The number of aliphatic hydroxyl groups is 1. The van der Waals surface area contributed by atoms with Crippen LogP contribution in [0.4, 0.5) is 16.3 Å². The van der Waals surface area contributed by atoms with E-state index in [1.807, 2.05) is 0 Å². The normalized spacial score (nSPS) is 15.8. The zero-order chi connectivity index (χ0) is 21.1. The molecule has 1 aromatic carbocycles. The number of sulfone groups is 1. The SMILES string of the molecule is CS(=O)(=O)C1(c2cc(N)nc(-c3ccc(NC(=O)NCCO)cc3)n2)CCCC1. The second-order valence-corrected chi connectivity index (χ2v) is 9.48. The summed E-state index contributed by atoms with van der Waals surface area (Å²) < 4.78 is 24.1. The van der Waals surface area contributed by atoms with Crippen molar-refractivity contribution in [2.75, 3.05) is 30.5 Å². The molecule has 0 unspecified atom stereocenters. The number of nitrogens with two attached hydrogens (primary N) is 1. The van der Waals surface area contributed by atoms with E-state index >= 15 is 0 Å². The van der Waals surface area contributed by atoms with Crippen LogP contribution in [0, 0.1) is 0 Å². The summed E-state index contributed by atoms with van der Waals surface area (Å²) in [5.41, 5.74) is 7.62. The molecule has 1 aromatic heterocycles. The first-order valence-electron chi connectivity index (χ1n) is 9.36. The first kappa shape index (κ1) is 21.0. The van der Waals surface area contributed by atoms with Gasteiger partial charge in [-0.1, -0.05) is 12.8 Å². The topological polar surface area (TPSA) is 147 Å². The Morgan fingerprint density at radius 1 is 1.21 bits per heavy atom. The van der Waals surface area contributed by atoms with E-state index in [1.165, 1.54) is 6.26 Å². The standard InChI is InChI=1S/C19H25N5O4S/c1-29(27,28)19(8-2-3-9-19)15-12-16(20)24-17(23-15)13-4-6-14(7-5-13)22-18(26)21-10-11-25/h4-7,12,25H,2-3,8-11H2,1H3,(H2,20,23,24)(H2,21,22,26).